The van der Waals surface area contributed by atoms with Gasteiger partial charge in [0.05, 0.1) is 6.61 Å². The number of rotatable bonds is 4. The minimum atomic E-state index is 0.466. The summed E-state index contributed by atoms with van der Waals surface area (Å²) in [4.78, 5) is 8.56. The smallest absolute Gasteiger partial charge is 0.258 e. The number of nitrogens with zero attached hydrogens (tertiary/aromatic N) is 3. The largest absolute Gasteiger partial charge is 0.494 e. The summed E-state index contributed by atoms with van der Waals surface area (Å²) < 4.78 is 10.8. The molecule has 21 heavy (non-hydrogen) atoms. The molecule has 0 aliphatic rings. The molecule has 0 saturated heterocycles. The summed E-state index contributed by atoms with van der Waals surface area (Å²) in [7, 11) is 0. The molecule has 5 heteroatoms. The van der Waals surface area contributed by atoms with Crippen molar-refractivity contribution in [2.45, 2.75) is 13.8 Å². The van der Waals surface area contributed by atoms with E-state index in [4.69, 9.17) is 9.26 Å². The second kappa shape index (κ2) is 5.75. The van der Waals surface area contributed by atoms with Gasteiger partial charge < -0.3 is 9.26 Å². The first-order valence-corrected chi connectivity index (χ1v) is 6.75. The quantitative estimate of drug-likeness (QED) is 0.732. The molecule has 0 aliphatic carbocycles. The average Bonchev–Trinajstić information content (AvgIpc) is 2.98. The molecule has 0 N–H and O–H groups in total. The summed E-state index contributed by atoms with van der Waals surface area (Å²) >= 11 is 0. The molecule has 5 nitrogen and oxygen atoms in total. The Bertz CT molecular complexity index is 753. The fourth-order valence-corrected chi connectivity index (χ4v) is 2.02. The van der Waals surface area contributed by atoms with Gasteiger partial charge in [-0.25, -0.2) is 0 Å². The zero-order valence-corrected chi connectivity index (χ0v) is 11.9. The monoisotopic (exact) mass is 281 g/mol. The van der Waals surface area contributed by atoms with Crippen molar-refractivity contribution in [3.8, 4) is 28.6 Å². The van der Waals surface area contributed by atoms with Crippen LogP contribution in [0.2, 0.25) is 0 Å². The molecule has 0 saturated carbocycles. The van der Waals surface area contributed by atoms with E-state index in [2.05, 4.69) is 15.1 Å². The van der Waals surface area contributed by atoms with E-state index in [0.717, 1.165) is 22.4 Å². The van der Waals surface area contributed by atoms with Gasteiger partial charge >= 0.3 is 0 Å². The number of hydrogen-bond acceptors (Lipinski definition) is 5. The number of hydrogen-bond donors (Lipinski definition) is 0. The topological polar surface area (TPSA) is 61.0 Å². The first-order chi connectivity index (χ1) is 10.3. The van der Waals surface area contributed by atoms with Gasteiger partial charge in [0, 0.05) is 23.5 Å². The first kappa shape index (κ1) is 13.3. The van der Waals surface area contributed by atoms with Gasteiger partial charge in [0.15, 0.2) is 0 Å². The molecule has 106 valence electrons. The Hall–Kier alpha value is -2.69. The van der Waals surface area contributed by atoms with Crippen LogP contribution in [0.15, 0.2) is 47.2 Å². The zero-order chi connectivity index (χ0) is 14.7. The maximum absolute atomic E-state index is 5.48. The molecular weight excluding hydrogens is 266 g/mol. The molecule has 0 amide bonds. The van der Waals surface area contributed by atoms with Gasteiger partial charge in [0.25, 0.3) is 5.89 Å². The fourth-order valence-electron chi connectivity index (χ4n) is 2.02. The fraction of sp³-hybridized carbons (Fsp3) is 0.188. The second-order valence-corrected chi connectivity index (χ2v) is 4.63. The van der Waals surface area contributed by atoms with Crippen molar-refractivity contribution in [3.63, 3.8) is 0 Å². The molecule has 0 radical (unpaired) electrons. The Labute approximate surface area is 122 Å². The Kier molecular flexibility index (Phi) is 3.64. The zero-order valence-electron chi connectivity index (χ0n) is 11.9. The Balaban J connectivity index is 1.93. The molecule has 0 atom stereocenters. The lowest BCUT2D eigenvalue weighted by atomic mass is 10.2. The van der Waals surface area contributed by atoms with Crippen molar-refractivity contribution in [2.24, 2.45) is 0 Å². The number of ether oxygens (including phenoxy) is 1. The van der Waals surface area contributed by atoms with E-state index in [9.17, 15) is 0 Å². The third kappa shape index (κ3) is 2.91. The Morgan fingerprint density at radius 2 is 2.05 bits per heavy atom. The lowest BCUT2D eigenvalue weighted by Gasteiger charge is -2.02. The number of aromatic nitrogens is 3. The standard InChI is InChI=1S/C16H15N3O2/c1-3-20-14-6-4-5-12(8-14)16-18-15(19-21-16)13-7-11(2)9-17-10-13/h4-10H,3H2,1-2H3. The van der Waals surface area contributed by atoms with Crippen LogP contribution in [0, 0.1) is 6.92 Å². The van der Waals surface area contributed by atoms with Crippen LogP contribution in [-0.2, 0) is 0 Å². The maximum atomic E-state index is 5.48. The van der Waals surface area contributed by atoms with Crippen LogP contribution in [-0.4, -0.2) is 21.7 Å². The molecular formula is C16H15N3O2. The van der Waals surface area contributed by atoms with Crippen molar-refractivity contribution >= 4 is 0 Å². The van der Waals surface area contributed by atoms with E-state index >= 15 is 0 Å². The van der Waals surface area contributed by atoms with Crippen molar-refractivity contribution in [1.82, 2.24) is 15.1 Å². The van der Waals surface area contributed by atoms with Gasteiger partial charge in [-0.05, 0) is 43.7 Å². The molecule has 0 aliphatic heterocycles. The van der Waals surface area contributed by atoms with Crippen LogP contribution in [0.1, 0.15) is 12.5 Å². The number of benzene rings is 1. The normalized spacial score (nSPS) is 10.6. The highest BCUT2D eigenvalue weighted by Crippen LogP contribution is 2.25. The number of pyridine rings is 1. The predicted molar refractivity (Wildman–Crippen MR) is 78.9 cm³/mol. The second-order valence-electron chi connectivity index (χ2n) is 4.63. The summed E-state index contributed by atoms with van der Waals surface area (Å²) in [6.45, 7) is 4.54. The van der Waals surface area contributed by atoms with E-state index in [1.165, 1.54) is 0 Å². The molecule has 2 aromatic heterocycles. The third-order valence-corrected chi connectivity index (χ3v) is 2.95. The average molecular weight is 281 g/mol. The molecule has 1 aromatic carbocycles. The molecule has 0 fully saturated rings. The molecule has 0 spiro atoms. The first-order valence-electron chi connectivity index (χ1n) is 6.75. The lowest BCUT2D eigenvalue weighted by Crippen LogP contribution is -1.91. The van der Waals surface area contributed by atoms with Crippen LogP contribution >= 0.6 is 0 Å². The van der Waals surface area contributed by atoms with Gasteiger partial charge in [0.2, 0.25) is 5.82 Å². The SMILES string of the molecule is CCOc1cccc(-c2nc(-c3cncc(C)c3)no2)c1. The molecule has 3 aromatic rings. The Morgan fingerprint density at radius 3 is 2.86 bits per heavy atom. The van der Waals surface area contributed by atoms with Crippen LogP contribution in [0.4, 0.5) is 0 Å². The van der Waals surface area contributed by atoms with E-state index in [0.29, 0.717) is 18.3 Å². The molecule has 3 rings (SSSR count). The molecule has 2 heterocycles. The third-order valence-electron chi connectivity index (χ3n) is 2.95. The maximum Gasteiger partial charge on any atom is 0.258 e. The van der Waals surface area contributed by atoms with E-state index in [1.54, 1.807) is 12.4 Å². The van der Waals surface area contributed by atoms with E-state index in [-0.39, 0.29) is 0 Å². The summed E-state index contributed by atoms with van der Waals surface area (Å²) in [5.41, 5.74) is 2.73. The number of aryl methyl sites for hydroxylation is 1. The summed E-state index contributed by atoms with van der Waals surface area (Å²) in [6, 6.07) is 9.56. The minimum absolute atomic E-state index is 0.466. The van der Waals surface area contributed by atoms with Crippen LogP contribution in [0.25, 0.3) is 22.8 Å². The highest BCUT2D eigenvalue weighted by Gasteiger charge is 2.11. The van der Waals surface area contributed by atoms with Gasteiger partial charge in [-0.1, -0.05) is 11.2 Å². The minimum Gasteiger partial charge on any atom is -0.494 e. The van der Waals surface area contributed by atoms with Gasteiger partial charge in [-0.15, -0.1) is 0 Å². The highest BCUT2D eigenvalue weighted by molar-refractivity contribution is 5.60. The van der Waals surface area contributed by atoms with Crippen molar-refractivity contribution in [2.75, 3.05) is 6.61 Å². The van der Waals surface area contributed by atoms with Gasteiger partial charge in [-0.2, -0.15) is 4.98 Å². The van der Waals surface area contributed by atoms with Crippen molar-refractivity contribution < 1.29 is 9.26 Å². The van der Waals surface area contributed by atoms with E-state index < -0.39 is 0 Å². The summed E-state index contributed by atoms with van der Waals surface area (Å²) in [5, 5.41) is 4.01. The van der Waals surface area contributed by atoms with Crippen LogP contribution in [0.5, 0.6) is 5.75 Å². The highest BCUT2D eigenvalue weighted by atomic mass is 16.5. The lowest BCUT2D eigenvalue weighted by molar-refractivity contribution is 0.340. The summed E-state index contributed by atoms with van der Waals surface area (Å²) in [5.74, 6) is 1.78. The Morgan fingerprint density at radius 1 is 1.14 bits per heavy atom. The predicted octanol–water partition coefficient (Wildman–Crippen LogP) is 3.51. The van der Waals surface area contributed by atoms with Crippen LogP contribution < -0.4 is 4.74 Å². The van der Waals surface area contributed by atoms with Gasteiger partial charge in [-0.3, -0.25) is 4.98 Å². The molecule has 0 bridgehead atoms. The van der Waals surface area contributed by atoms with Crippen LogP contribution in [0.3, 0.4) is 0 Å². The van der Waals surface area contributed by atoms with Gasteiger partial charge in [0.1, 0.15) is 5.75 Å². The van der Waals surface area contributed by atoms with Crippen molar-refractivity contribution in [3.05, 3.63) is 48.3 Å². The summed E-state index contributed by atoms with van der Waals surface area (Å²) in [6.07, 6.45) is 3.51. The molecule has 0 unspecified atom stereocenters. The van der Waals surface area contributed by atoms with E-state index in [1.807, 2.05) is 44.2 Å². The van der Waals surface area contributed by atoms with Crippen molar-refractivity contribution in [1.29, 1.82) is 0 Å².